The van der Waals surface area contributed by atoms with Crippen molar-refractivity contribution in [2.24, 2.45) is 0 Å². The second-order valence-electron chi connectivity index (χ2n) is 8.39. The van der Waals surface area contributed by atoms with Crippen LogP contribution in [0.3, 0.4) is 0 Å². The monoisotopic (exact) mass is 475 g/mol. The zero-order valence-electron chi connectivity index (χ0n) is 18.0. The second kappa shape index (κ2) is 10.1. The molecule has 2 aliphatic rings. The van der Waals surface area contributed by atoms with Crippen LogP contribution in [0.25, 0.3) is 0 Å². The van der Waals surface area contributed by atoms with E-state index in [0.717, 1.165) is 31.2 Å². The first-order valence-corrected chi connectivity index (χ1v) is 13.5. The van der Waals surface area contributed by atoms with Crippen molar-refractivity contribution in [3.05, 3.63) is 51.7 Å². The third kappa shape index (κ3) is 5.39. The summed E-state index contributed by atoms with van der Waals surface area (Å²) >= 11 is 1.66. The van der Waals surface area contributed by atoms with E-state index in [1.807, 2.05) is 11.4 Å². The molecule has 9 heteroatoms. The highest BCUT2D eigenvalue weighted by atomic mass is 32.2. The summed E-state index contributed by atoms with van der Waals surface area (Å²) in [6.45, 7) is 0.998. The van der Waals surface area contributed by atoms with Gasteiger partial charge in [0.15, 0.2) is 0 Å². The number of sulfonamides is 1. The Morgan fingerprint density at radius 1 is 1.12 bits per heavy atom. The van der Waals surface area contributed by atoms with Gasteiger partial charge in [0, 0.05) is 42.5 Å². The molecule has 1 aliphatic heterocycles. The van der Waals surface area contributed by atoms with E-state index in [4.69, 9.17) is 0 Å². The first-order chi connectivity index (χ1) is 15.4. The molecule has 2 heterocycles. The maximum absolute atomic E-state index is 13.1. The number of nitrogens with one attached hydrogen (secondary N) is 2. The largest absolute Gasteiger partial charge is 0.353 e. The van der Waals surface area contributed by atoms with Gasteiger partial charge in [-0.2, -0.15) is 4.31 Å². The van der Waals surface area contributed by atoms with E-state index in [-0.39, 0.29) is 41.3 Å². The van der Waals surface area contributed by atoms with E-state index in [9.17, 15) is 18.0 Å². The van der Waals surface area contributed by atoms with Crippen LogP contribution in [-0.2, 0) is 27.8 Å². The fraction of sp³-hybridized carbons (Fsp3) is 0.478. The van der Waals surface area contributed by atoms with Crippen LogP contribution in [0.15, 0.2) is 40.6 Å². The van der Waals surface area contributed by atoms with Crippen molar-refractivity contribution < 1.29 is 18.0 Å². The summed E-state index contributed by atoms with van der Waals surface area (Å²) < 4.78 is 27.7. The average molecular weight is 476 g/mol. The topological polar surface area (TPSA) is 95.6 Å². The molecule has 0 spiro atoms. The van der Waals surface area contributed by atoms with Gasteiger partial charge in [0.05, 0.1) is 4.90 Å². The Morgan fingerprint density at radius 3 is 2.75 bits per heavy atom. The molecule has 1 saturated carbocycles. The standard InChI is InChI=1S/C23H29N3O4S2/c27-22(25-19-6-2-1-3-7-19)9-12-24-23(28)17-5-4-8-20(15-17)32(29,30)26-13-10-21-18(16-26)11-14-31-21/h4-5,8,11,14-15,19H,1-3,6-7,9-10,12-13,16H2,(H,24,28)(H,25,27). The zero-order valence-corrected chi connectivity index (χ0v) is 19.6. The summed E-state index contributed by atoms with van der Waals surface area (Å²) in [5.41, 5.74) is 1.32. The molecule has 0 unspecified atom stereocenters. The number of carbonyl (C=O) groups excluding carboxylic acids is 2. The predicted octanol–water partition coefficient (Wildman–Crippen LogP) is 3.06. The fourth-order valence-electron chi connectivity index (χ4n) is 4.31. The molecule has 2 N–H and O–H groups in total. The maximum atomic E-state index is 13.1. The highest BCUT2D eigenvalue weighted by molar-refractivity contribution is 7.89. The number of hydrogen-bond donors (Lipinski definition) is 2. The molecule has 4 rings (SSSR count). The van der Waals surface area contributed by atoms with Crippen LogP contribution < -0.4 is 10.6 Å². The lowest BCUT2D eigenvalue weighted by atomic mass is 9.95. The third-order valence-corrected chi connectivity index (χ3v) is 8.98. The van der Waals surface area contributed by atoms with Gasteiger partial charge in [0.2, 0.25) is 15.9 Å². The van der Waals surface area contributed by atoms with Crippen LogP contribution in [0.5, 0.6) is 0 Å². The first-order valence-electron chi connectivity index (χ1n) is 11.2. The normalized spacial score (nSPS) is 17.5. The molecular formula is C23H29N3O4S2. The van der Waals surface area contributed by atoms with Crippen molar-refractivity contribution in [3.8, 4) is 0 Å². The minimum atomic E-state index is -3.70. The second-order valence-corrected chi connectivity index (χ2v) is 11.3. The quantitative estimate of drug-likeness (QED) is 0.643. The van der Waals surface area contributed by atoms with Crippen molar-refractivity contribution in [1.29, 1.82) is 0 Å². The van der Waals surface area contributed by atoms with Crippen LogP contribution in [-0.4, -0.2) is 43.7 Å². The molecule has 0 atom stereocenters. The van der Waals surface area contributed by atoms with E-state index < -0.39 is 10.0 Å². The van der Waals surface area contributed by atoms with Crippen LogP contribution >= 0.6 is 11.3 Å². The molecule has 0 radical (unpaired) electrons. The van der Waals surface area contributed by atoms with Crippen LogP contribution in [0.4, 0.5) is 0 Å². The first kappa shape index (κ1) is 22.9. The van der Waals surface area contributed by atoms with Gasteiger partial charge in [-0.3, -0.25) is 9.59 Å². The number of rotatable bonds is 7. The molecule has 172 valence electrons. The number of carbonyl (C=O) groups is 2. The summed E-state index contributed by atoms with van der Waals surface area (Å²) in [5.74, 6) is -0.447. The van der Waals surface area contributed by atoms with Crippen molar-refractivity contribution in [1.82, 2.24) is 14.9 Å². The van der Waals surface area contributed by atoms with Gasteiger partial charge in [-0.25, -0.2) is 8.42 Å². The number of hydrogen-bond acceptors (Lipinski definition) is 5. The highest BCUT2D eigenvalue weighted by Crippen LogP contribution is 2.28. The van der Waals surface area contributed by atoms with Gasteiger partial charge in [0.1, 0.15) is 0 Å². The van der Waals surface area contributed by atoms with Crippen LogP contribution in [0.1, 0.15) is 59.3 Å². The molecule has 32 heavy (non-hydrogen) atoms. The molecule has 1 aromatic carbocycles. The van der Waals surface area contributed by atoms with E-state index in [1.54, 1.807) is 23.5 Å². The lowest BCUT2D eigenvalue weighted by Crippen LogP contribution is -2.38. The maximum Gasteiger partial charge on any atom is 0.251 e. The third-order valence-electron chi connectivity index (χ3n) is 6.11. The number of amides is 2. The van der Waals surface area contributed by atoms with Crippen molar-refractivity contribution >= 4 is 33.2 Å². The van der Waals surface area contributed by atoms with Gasteiger partial charge in [-0.1, -0.05) is 25.3 Å². The minimum absolute atomic E-state index is 0.0635. The fourth-order valence-corrected chi connectivity index (χ4v) is 6.67. The number of benzene rings is 1. The summed E-state index contributed by atoms with van der Waals surface area (Å²) in [4.78, 5) is 26.0. The zero-order chi connectivity index (χ0) is 22.6. The van der Waals surface area contributed by atoms with Gasteiger partial charge in [-0.05, 0) is 54.5 Å². The van der Waals surface area contributed by atoms with Crippen molar-refractivity contribution in [2.75, 3.05) is 13.1 Å². The van der Waals surface area contributed by atoms with Crippen molar-refractivity contribution in [2.45, 2.75) is 62.4 Å². The average Bonchev–Trinajstić information content (AvgIpc) is 3.28. The Balaban J connectivity index is 1.33. The summed E-state index contributed by atoms with van der Waals surface area (Å²) in [6, 6.07) is 8.31. The van der Waals surface area contributed by atoms with Gasteiger partial charge in [-0.15, -0.1) is 11.3 Å². The summed E-state index contributed by atoms with van der Waals surface area (Å²) in [6.07, 6.45) is 6.46. The molecule has 2 amide bonds. The van der Waals surface area contributed by atoms with E-state index in [2.05, 4.69) is 10.6 Å². The summed E-state index contributed by atoms with van der Waals surface area (Å²) in [5, 5.41) is 7.74. The molecule has 1 aromatic heterocycles. The van der Waals surface area contributed by atoms with E-state index >= 15 is 0 Å². The lowest BCUT2D eigenvalue weighted by Gasteiger charge is -2.26. The lowest BCUT2D eigenvalue weighted by molar-refractivity contribution is -0.121. The number of nitrogens with zero attached hydrogens (tertiary/aromatic N) is 1. The highest BCUT2D eigenvalue weighted by Gasteiger charge is 2.29. The minimum Gasteiger partial charge on any atom is -0.353 e. The smallest absolute Gasteiger partial charge is 0.251 e. The Kier molecular flexibility index (Phi) is 7.27. The number of fused-ring (bicyclic) bond motifs is 1. The Labute approximate surface area is 193 Å². The molecule has 0 bridgehead atoms. The van der Waals surface area contributed by atoms with Gasteiger partial charge < -0.3 is 10.6 Å². The van der Waals surface area contributed by atoms with E-state index in [0.29, 0.717) is 19.5 Å². The van der Waals surface area contributed by atoms with E-state index in [1.165, 1.54) is 27.7 Å². The SMILES string of the molecule is O=C(CCNC(=O)c1cccc(S(=O)(=O)N2CCc3sccc3C2)c1)NC1CCCCC1. The Morgan fingerprint density at radius 2 is 1.94 bits per heavy atom. The van der Waals surface area contributed by atoms with Gasteiger partial charge in [0.25, 0.3) is 5.91 Å². The molecule has 2 aromatic rings. The molecule has 7 nitrogen and oxygen atoms in total. The molecule has 1 fully saturated rings. The van der Waals surface area contributed by atoms with Crippen LogP contribution in [0, 0.1) is 0 Å². The Bertz CT molecular complexity index is 1070. The number of thiophene rings is 1. The van der Waals surface area contributed by atoms with Crippen molar-refractivity contribution in [3.63, 3.8) is 0 Å². The Hall–Kier alpha value is -2.23. The predicted molar refractivity (Wildman–Crippen MR) is 124 cm³/mol. The molecule has 1 aliphatic carbocycles. The molecular weight excluding hydrogens is 446 g/mol. The molecule has 0 saturated heterocycles. The summed E-state index contributed by atoms with van der Waals surface area (Å²) in [7, 11) is -3.70. The van der Waals surface area contributed by atoms with Gasteiger partial charge >= 0.3 is 0 Å². The van der Waals surface area contributed by atoms with Crippen LogP contribution in [0.2, 0.25) is 0 Å².